The first-order chi connectivity index (χ1) is 12.4. The van der Waals surface area contributed by atoms with E-state index in [1.54, 1.807) is 4.57 Å². The van der Waals surface area contributed by atoms with Crippen molar-refractivity contribution < 1.29 is 27.1 Å². The fourth-order valence-corrected chi connectivity index (χ4v) is 3.25. The molecule has 1 amide bonds. The van der Waals surface area contributed by atoms with Gasteiger partial charge >= 0.3 is 6.18 Å². The maximum absolute atomic E-state index is 13.9. The zero-order chi connectivity index (χ0) is 20.4. The average Bonchev–Trinajstić information content (AvgIpc) is 2.95. The van der Waals surface area contributed by atoms with Crippen LogP contribution in [-0.4, -0.2) is 24.2 Å². The quantitative estimate of drug-likeness (QED) is 0.710. The van der Waals surface area contributed by atoms with E-state index in [1.807, 2.05) is 27.0 Å². The van der Waals surface area contributed by atoms with Crippen LogP contribution in [0.15, 0.2) is 29.4 Å². The average molecular weight is 404 g/mol. The van der Waals surface area contributed by atoms with Crippen LogP contribution >= 0.6 is 11.3 Å². The molecule has 0 atom stereocenters. The Bertz CT molecular complexity index is 892. The van der Waals surface area contributed by atoms with Gasteiger partial charge in [0.1, 0.15) is 5.82 Å². The topological polar surface area (TPSA) is 43.6 Å². The van der Waals surface area contributed by atoms with Crippen LogP contribution < -0.4 is 4.80 Å². The van der Waals surface area contributed by atoms with Crippen molar-refractivity contribution in [2.75, 3.05) is 13.7 Å². The summed E-state index contributed by atoms with van der Waals surface area (Å²) >= 11 is 1.23. The number of nitrogens with zero attached hydrogens (tertiary/aromatic N) is 2. The number of rotatable bonds is 4. The van der Waals surface area contributed by atoms with Crippen molar-refractivity contribution in [3.63, 3.8) is 0 Å². The number of alkyl halides is 3. The minimum atomic E-state index is -4.68. The number of carbonyl (C=O) groups is 1. The van der Waals surface area contributed by atoms with E-state index in [0.29, 0.717) is 31.4 Å². The Morgan fingerprint density at radius 2 is 1.93 bits per heavy atom. The Kier molecular flexibility index (Phi) is 6.26. The number of benzene rings is 1. The molecule has 0 bridgehead atoms. The molecule has 1 aromatic heterocycles. The minimum Gasteiger partial charge on any atom is -0.383 e. The number of aromatic nitrogens is 1. The lowest BCUT2D eigenvalue weighted by Gasteiger charge is -2.14. The highest BCUT2D eigenvalue weighted by molar-refractivity contribution is 7.09. The van der Waals surface area contributed by atoms with Crippen molar-refractivity contribution in [2.24, 2.45) is 4.99 Å². The first-order valence-electron chi connectivity index (χ1n) is 8.09. The number of thiazole rings is 1. The molecule has 1 aromatic carbocycles. The fraction of sp³-hybridized carbons (Fsp3) is 0.444. The van der Waals surface area contributed by atoms with Crippen LogP contribution in [-0.2, 0) is 22.9 Å². The second-order valence-corrected chi connectivity index (χ2v) is 7.93. The maximum atomic E-state index is 13.9. The molecule has 1 heterocycles. The molecule has 4 nitrogen and oxygen atoms in total. The van der Waals surface area contributed by atoms with E-state index in [0.717, 1.165) is 4.88 Å². The lowest BCUT2D eigenvalue weighted by atomic mass is 9.95. The monoisotopic (exact) mass is 404 g/mol. The second-order valence-electron chi connectivity index (χ2n) is 6.92. The zero-order valence-corrected chi connectivity index (χ0v) is 16.2. The molecule has 27 heavy (non-hydrogen) atoms. The van der Waals surface area contributed by atoms with Gasteiger partial charge in [0.25, 0.3) is 5.91 Å². The molecule has 0 aliphatic carbocycles. The summed E-state index contributed by atoms with van der Waals surface area (Å²) in [7, 11) is 1.53. The van der Waals surface area contributed by atoms with Gasteiger partial charge in [-0.1, -0.05) is 20.8 Å². The van der Waals surface area contributed by atoms with Crippen molar-refractivity contribution in [3.05, 3.63) is 51.0 Å². The highest BCUT2D eigenvalue weighted by Gasteiger charge is 2.32. The molecule has 0 aliphatic rings. The number of hydrogen-bond acceptors (Lipinski definition) is 3. The van der Waals surface area contributed by atoms with Crippen molar-refractivity contribution in [2.45, 2.75) is 38.9 Å². The summed E-state index contributed by atoms with van der Waals surface area (Å²) in [5, 5.41) is 0. The molecule has 9 heteroatoms. The van der Waals surface area contributed by atoms with Crippen LogP contribution in [0.4, 0.5) is 17.6 Å². The second kappa shape index (κ2) is 7.93. The SMILES string of the molecule is COCCn1cc(C(C)(C)C)sc1=NC(=O)c1cc(C(F)(F)F)ccc1F. The van der Waals surface area contributed by atoms with Gasteiger partial charge in [-0.15, -0.1) is 11.3 Å². The largest absolute Gasteiger partial charge is 0.416 e. The standard InChI is InChI=1S/C18H20F4N2O2S/c1-17(2,3)14-10-24(7-8-26-4)16(27-14)23-15(25)12-9-11(18(20,21)22)5-6-13(12)19/h5-6,9-10H,7-8H2,1-4H3. The van der Waals surface area contributed by atoms with Gasteiger partial charge in [-0.3, -0.25) is 4.79 Å². The summed E-state index contributed by atoms with van der Waals surface area (Å²) < 4.78 is 59.2. The Labute approximate surface area is 158 Å². The van der Waals surface area contributed by atoms with Gasteiger partial charge in [0, 0.05) is 24.7 Å². The molecule has 2 rings (SSSR count). The van der Waals surface area contributed by atoms with Gasteiger partial charge in [0.2, 0.25) is 0 Å². The van der Waals surface area contributed by atoms with Crippen LogP contribution in [0.3, 0.4) is 0 Å². The van der Waals surface area contributed by atoms with Crippen molar-refractivity contribution in [1.29, 1.82) is 0 Å². The number of halogens is 4. The van der Waals surface area contributed by atoms with Gasteiger partial charge in [-0.25, -0.2) is 4.39 Å². The lowest BCUT2D eigenvalue weighted by molar-refractivity contribution is -0.137. The minimum absolute atomic E-state index is 0.211. The number of hydrogen-bond donors (Lipinski definition) is 0. The molecular weight excluding hydrogens is 384 g/mol. The first-order valence-corrected chi connectivity index (χ1v) is 8.90. The van der Waals surface area contributed by atoms with Crippen LogP contribution in [0.2, 0.25) is 0 Å². The molecule has 0 aliphatic heterocycles. The highest BCUT2D eigenvalue weighted by Crippen LogP contribution is 2.30. The molecule has 0 unspecified atom stereocenters. The Hall–Kier alpha value is -2.00. The summed E-state index contributed by atoms with van der Waals surface area (Å²) in [5.41, 5.74) is -2.03. The number of amides is 1. The molecule has 2 aromatic rings. The summed E-state index contributed by atoms with van der Waals surface area (Å²) in [4.78, 5) is 17.5. The van der Waals surface area contributed by atoms with E-state index in [-0.39, 0.29) is 10.2 Å². The van der Waals surface area contributed by atoms with Crippen LogP contribution in [0.5, 0.6) is 0 Å². The molecule has 0 N–H and O–H groups in total. The van der Waals surface area contributed by atoms with Crippen molar-refractivity contribution in [1.82, 2.24) is 4.57 Å². The van der Waals surface area contributed by atoms with Gasteiger partial charge in [0.05, 0.1) is 17.7 Å². The third-order valence-corrected chi connectivity index (χ3v) is 5.16. The summed E-state index contributed by atoms with van der Waals surface area (Å²) in [6.07, 6.45) is -2.86. The zero-order valence-electron chi connectivity index (χ0n) is 15.4. The first kappa shape index (κ1) is 21.3. The van der Waals surface area contributed by atoms with E-state index in [9.17, 15) is 22.4 Å². The van der Waals surface area contributed by atoms with E-state index < -0.39 is 29.0 Å². The van der Waals surface area contributed by atoms with Gasteiger partial charge < -0.3 is 9.30 Å². The third-order valence-electron chi connectivity index (χ3n) is 3.72. The molecule has 0 saturated carbocycles. The molecule has 0 fully saturated rings. The number of methoxy groups -OCH3 is 1. The molecule has 0 radical (unpaired) electrons. The normalized spacial score (nSPS) is 13.3. The van der Waals surface area contributed by atoms with Gasteiger partial charge in [-0.05, 0) is 23.6 Å². The van der Waals surface area contributed by atoms with Crippen LogP contribution in [0.25, 0.3) is 0 Å². The van der Waals surface area contributed by atoms with Crippen molar-refractivity contribution in [3.8, 4) is 0 Å². The van der Waals surface area contributed by atoms with E-state index in [2.05, 4.69) is 4.99 Å². The maximum Gasteiger partial charge on any atom is 0.416 e. The summed E-state index contributed by atoms with van der Waals surface area (Å²) in [5.74, 6) is -2.11. The Morgan fingerprint density at radius 3 is 2.48 bits per heavy atom. The van der Waals surface area contributed by atoms with Crippen LogP contribution in [0.1, 0.15) is 41.6 Å². The fourth-order valence-electron chi connectivity index (χ4n) is 2.18. The summed E-state index contributed by atoms with van der Waals surface area (Å²) in [6.45, 7) is 6.71. The van der Waals surface area contributed by atoms with Gasteiger partial charge in [0.15, 0.2) is 4.80 Å². The predicted octanol–water partition coefficient (Wildman–Crippen LogP) is 4.39. The lowest BCUT2D eigenvalue weighted by Crippen LogP contribution is -2.19. The predicted molar refractivity (Wildman–Crippen MR) is 94.2 cm³/mol. The molecule has 148 valence electrons. The Balaban J connectivity index is 2.52. The van der Waals surface area contributed by atoms with Crippen LogP contribution in [0, 0.1) is 5.82 Å². The van der Waals surface area contributed by atoms with Crippen molar-refractivity contribution >= 4 is 17.2 Å². The van der Waals surface area contributed by atoms with E-state index in [1.165, 1.54) is 18.4 Å². The number of ether oxygens (including phenoxy) is 1. The number of carbonyl (C=O) groups excluding carboxylic acids is 1. The highest BCUT2D eigenvalue weighted by atomic mass is 32.1. The van der Waals surface area contributed by atoms with E-state index >= 15 is 0 Å². The van der Waals surface area contributed by atoms with Gasteiger partial charge in [-0.2, -0.15) is 18.2 Å². The van der Waals surface area contributed by atoms with E-state index in [4.69, 9.17) is 4.74 Å². The Morgan fingerprint density at radius 1 is 1.26 bits per heavy atom. The molecule has 0 saturated heterocycles. The molecular formula is C18H20F4N2O2S. The third kappa shape index (κ3) is 5.26. The summed E-state index contributed by atoms with van der Waals surface area (Å²) in [6, 6.07) is 1.70. The smallest absolute Gasteiger partial charge is 0.383 e. The molecule has 0 spiro atoms.